The van der Waals surface area contributed by atoms with Gasteiger partial charge in [-0.15, -0.1) is 0 Å². The molecule has 0 atom stereocenters. The third kappa shape index (κ3) is 4.42. The van der Waals surface area contributed by atoms with Gasteiger partial charge in [0, 0.05) is 5.56 Å². The molecule has 0 aromatic heterocycles. The zero-order valence-electron chi connectivity index (χ0n) is 16.5. The number of benzene rings is 3. The molecule has 0 radical (unpaired) electrons. The van der Waals surface area contributed by atoms with E-state index in [9.17, 15) is 5.11 Å². The van der Waals surface area contributed by atoms with Crippen molar-refractivity contribution < 1.29 is 5.11 Å². The van der Waals surface area contributed by atoms with Crippen molar-refractivity contribution in [1.82, 2.24) is 0 Å². The van der Waals surface area contributed by atoms with Crippen LogP contribution in [0.5, 0.6) is 5.75 Å². The number of unbranched alkanes of at least 4 members (excludes halogenated alkanes) is 2. The molecule has 3 rings (SSSR count). The molecule has 1 N–H and O–H groups in total. The summed E-state index contributed by atoms with van der Waals surface area (Å²) in [5, 5.41) is 10.8. The van der Waals surface area contributed by atoms with E-state index in [1.807, 2.05) is 12.1 Å². The summed E-state index contributed by atoms with van der Waals surface area (Å²) in [6.45, 7) is 4.45. The Morgan fingerprint density at radius 1 is 0.593 bits per heavy atom. The number of hydrogen-bond acceptors (Lipinski definition) is 1. The molecule has 0 aliphatic heterocycles. The maximum Gasteiger partial charge on any atom is 0.124 e. The second kappa shape index (κ2) is 9.41. The smallest absolute Gasteiger partial charge is 0.124 e. The highest BCUT2D eigenvalue weighted by atomic mass is 16.3. The Balaban J connectivity index is 2.16. The Hall–Kier alpha value is -2.54. The average molecular weight is 359 g/mol. The SMILES string of the molecule is CCCCc1ccccc1-c1cccc(O)c1-c1ccccc1CCCC. The number of phenols is 1. The highest BCUT2D eigenvalue weighted by molar-refractivity contribution is 5.89. The lowest BCUT2D eigenvalue weighted by molar-refractivity contribution is 0.477. The Morgan fingerprint density at radius 2 is 1.11 bits per heavy atom. The van der Waals surface area contributed by atoms with Gasteiger partial charge in [0.05, 0.1) is 0 Å². The fourth-order valence-corrected chi connectivity index (χ4v) is 3.77. The van der Waals surface area contributed by atoms with E-state index >= 15 is 0 Å². The van der Waals surface area contributed by atoms with Crippen molar-refractivity contribution in [3.8, 4) is 28.0 Å². The van der Waals surface area contributed by atoms with E-state index in [1.165, 1.54) is 36.0 Å². The fourth-order valence-electron chi connectivity index (χ4n) is 3.77. The lowest BCUT2D eigenvalue weighted by Gasteiger charge is -2.18. The molecule has 0 saturated heterocycles. The van der Waals surface area contributed by atoms with Gasteiger partial charge in [-0.25, -0.2) is 0 Å². The van der Waals surface area contributed by atoms with Crippen molar-refractivity contribution in [1.29, 1.82) is 0 Å². The third-order valence-electron chi connectivity index (χ3n) is 5.24. The Kier molecular flexibility index (Phi) is 6.70. The first kappa shape index (κ1) is 19.2. The molecule has 3 aromatic carbocycles. The fraction of sp³-hybridized carbons (Fsp3) is 0.308. The zero-order valence-corrected chi connectivity index (χ0v) is 16.5. The normalized spacial score (nSPS) is 10.9. The first-order chi connectivity index (χ1) is 13.3. The highest BCUT2D eigenvalue weighted by Crippen LogP contribution is 2.41. The van der Waals surface area contributed by atoms with E-state index in [4.69, 9.17) is 0 Å². The van der Waals surface area contributed by atoms with Gasteiger partial charge in [-0.2, -0.15) is 0 Å². The minimum absolute atomic E-state index is 0.363. The number of aromatic hydroxyl groups is 1. The number of hydrogen-bond donors (Lipinski definition) is 1. The molecule has 3 aromatic rings. The van der Waals surface area contributed by atoms with Gasteiger partial charge in [0.25, 0.3) is 0 Å². The van der Waals surface area contributed by atoms with Crippen molar-refractivity contribution in [3.05, 3.63) is 77.9 Å². The Bertz CT molecular complexity index is 879. The lowest BCUT2D eigenvalue weighted by atomic mass is 9.87. The van der Waals surface area contributed by atoms with E-state index in [2.05, 4.69) is 68.4 Å². The molecule has 140 valence electrons. The van der Waals surface area contributed by atoms with Crippen molar-refractivity contribution in [2.75, 3.05) is 0 Å². The first-order valence-corrected chi connectivity index (χ1v) is 10.2. The Morgan fingerprint density at radius 3 is 1.74 bits per heavy atom. The van der Waals surface area contributed by atoms with E-state index in [0.717, 1.165) is 36.0 Å². The van der Waals surface area contributed by atoms with Crippen LogP contribution in [-0.4, -0.2) is 5.11 Å². The molecule has 0 aliphatic rings. The monoisotopic (exact) mass is 358 g/mol. The van der Waals surface area contributed by atoms with Crippen LogP contribution in [0, 0.1) is 0 Å². The molecule has 0 aliphatic carbocycles. The number of rotatable bonds is 8. The molecule has 0 saturated carbocycles. The third-order valence-corrected chi connectivity index (χ3v) is 5.24. The van der Waals surface area contributed by atoms with Gasteiger partial charge in [0.2, 0.25) is 0 Å². The lowest BCUT2D eigenvalue weighted by Crippen LogP contribution is -1.95. The molecule has 0 spiro atoms. The second-order valence-corrected chi connectivity index (χ2v) is 7.22. The van der Waals surface area contributed by atoms with Crippen molar-refractivity contribution >= 4 is 0 Å². The maximum atomic E-state index is 10.8. The van der Waals surface area contributed by atoms with Crippen LogP contribution in [0.3, 0.4) is 0 Å². The van der Waals surface area contributed by atoms with Gasteiger partial charge >= 0.3 is 0 Å². The van der Waals surface area contributed by atoms with Crippen LogP contribution in [0.15, 0.2) is 66.7 Å². The van der Waals surface area contributed by atoms with Crippen LogP contribution in [-0.2, 0) is 12.8 Å². The van der Waals surface area contributed by atoms with Crippen LogP contribution in [0.1, 0.15) is 50.7 Å². The molecule has 1 heteroatoms. The second-order valence-electron chi connectivity index (χ2n) is 7.22. The summed E-state index contributed by atoms with van der Waals surface area (Å²) in [5.41, 5.74) is 7.16. The van der Waals surface area contributed by atoms with Gasteiger partial charge in [0.1, 0.15) is 5.75 Å². The largest absolute Gasteiger partial charge is 0.507 e. The molecule has 0 heterocycles. The van der Waals surface area contributed by atoms with Crippen molar-refractivity contribution in [2.45, 2.75) is 52.4 Å². The number of phenolic OH excluding ortho intramolecular Hbond substituents is 1. The molecule has 0 bridgehead atoms. The van der Waals surface area contributed by atoms with Crippen LogP contribution in [0.4, 0.5) is 0 Å². The molecule has 1 nitrogen and oxygen atoms in total. The van der Waals surface area contributed by atoms with Gasteiger partial charge in [-0.05, 0) is 59.6 Å². The zero-order chi connectivity index (χ0) is 19.1. The summed E-state index contributed by atoms with van der Waals surface area (Å²) in [6.07, 6.45) is 6.80. The quantitative estimate of drug-likeness (QED) is 0.444. The van der Waals surface area contributed by atoms with Gasteiger partial charge < -0.3 is 5.11 Å². The minimum Gasteiger partial charge on any atom is -0.507 e. The summed E-state index contributed by atoms with van der Waals surface area (Å²) < 4.78 is 0. The summed E-state index contributed by atoms with van der Waals surface area (Å²) in [6, 6.07) is 23.1. The van der Waals surface area contributed by atoms with Gasteiger partial charge in [-0.3, -0.25) is 0 Å². The van der Waals surface area contributed by atoms with Crippen LogP contribution in [0.25, 0.3) is 22.3 Å². The predicted molar refractivity (Wildman–Crippen MR) is 116 cm³/mol. The average Bonchev–Trinajstić information content (AvgIpc) is 2.71. The summed E-state index contributed by atoms with van der Waals surface area (Å²) in [4.78, 5) is 0. The van der Waals surface area contributed by atoms with Crippen LogP contribution in [0.2, 0.25) is 0 Å². The number of aryl methyl sites for hydroxylation is 2. The molecular weight excluding hydrogens is 328 g/mol. The van der Waals surface area contributed by atoms with Crippen molar-refractivity contribution in [2.24, 2.45) is 0 Å². The van der Waals surface area contributed by atoms with E-state index in [-0.39, 0.29) is 0 Å². The van der Waals surface area contributed by atoms with E-state index in [0.29, 0.717) is 5.75 Å². The summed E-state index contributed by atoms with van der Waals surface area (Å²) >= 11 is 0. The van der Waals surface area contributed by atoms with E-state index in [1.54, 1.807) is 0 Å². The van der Waals surface area contributed by atoms with E-state index < -0.39 is 0 Å². The van der Waals surface area contributed by atoms with Gasteiger partial charge in [0.15, 0.2) is 0 Å². The highest BCUT2D eigenvalue weighted by Gasteiger charge is 2.16. The van der Waals surface area contributed by atoms with Crippen LogP contribution < -0.4 is 0 Å². The summed E-state index contributed by atoms with van der Waals surface area (Å²) in [5.74, 6) is 0.363. The predicted octanol–water partition coefficient (Wildman–Crippen LogP) is 7.41. The molecule has 27 heavy (non-hydrogen) atoms. The molecule has 0 fully saturated rings. The maximum absolute atomic E-state index is 10.8. The Labute approximate surface area is 163 Å². The molecule has 0 unspecified atom stereocenters. The standard InChI is InChI=1S/C26H30O/c1-3-5-12-20-14-7-9-16-22(20)24-18-11-19-25(27)26(24)23-17-10-8-15-21(23)13-6-4-2/h7-11,14-19,27H,3-6,12-13H2,1-2H3. The molecule has 0 amide bonds. The molecular formula is C26H30O. The van der Waals surface area contributed by atoms with Crippen molar-refractivity contribution in [3.63, 3.8) is 0 Å². The van der Waals surface area contributed by atoms with Gasteiger partial charge in [-0.1, -0.05) is 87.4 Å². The summed E-state index contributed by atoms with van der Waals surface area (Å²) in [7, 11) is 0. The first-order valence-electron chi connectivity index (χ1n) is 10.2. The topological polar surface area (TPSA) is 20.2 Å². The van der Waals surface area contributed by atoms with Crippen LogP contribution >= 0.6 is 0 Å². The minimum atomic E-state index is 0.363.